The van der Waals surface area contributed by atoms with Crippen molar-refractivity contribution in [3.63, 3.8) is 0 Å². The molecule has 0 aliphatic carbocycles. The van der Waals surface area contributed by atoms with E-state index in [-0.39, 0.29) is 0 Å². The van der Waals surface area contributed by atoms with Crippen LogP contribution < -0.4 is 4.74 Å². The van der Waals surface area contributed by atoms with Crippen LogP contribution in [-0.2, 0) is 0 Å². The zero-order chi connectivity index (χ0) is 7.68. The number of hydrogen-bond donors (Lipinski definition) is 1. The second kappa shape index (κ2) is 2.31. The van der Waals surface area contributed by atoms with Gasteiger partial charge in [-0.3, -0.25) is 0 Å². The zero-order valence-electron chi connectivity index (χ0n) is 6.22. The summed E-state index contributed by atoms with van der Waals surface area (Å²) in [7, 11) is 1.66. The van der Waals surface area contributed by atoms with Gasteiger partial charge < -0.3 is 9.72 Å². The molecule has 1 radical (unpaired) electrons. The molecule has 0 saturated heterocycles. The zero-order valence-corrected chi connectivity index (χ0v) is 6.22. The molecule has 1 aromatic carbocycles. The molecule has 0 spiro atoms. The van der Waals surface area contributed by atoms with E-state index in [4.69, 9.17) is 4.74 Å². The summed E-state index contributed by atoms with van der Waals surface area (Å²) in [5.74, 6) is 0.865. The first-order valence-electron chi connectivity index (χ1n) is 3.43. The van der Waals surface area contributed by atoms with Crippen molar-refractivity contribution in [2.24, 2.45) is 0 Å². The maximum absolute atomic E-state index is 5.13. The first kappa shape index (κ1) is 6.28. The lowest BCUT2D eigenvalue weighted by atomic mass is 10.2. The number of benzene rings is 1. The minimum atomic E-state index is 0.865. The number of para-hydroxylation sites is 1. The predicted molar refractivity (Wildman–Crippen MR) is 43.7 cm³/mol. The van der Waals surface area contributed by atoms with Crippen LogP contribution in [0.4, 0.5) is 0 Å². The summed E-state index contributed by atoms with van der Waals surface area (Å²) in [5.41, 5.74) is 1.01. The number of methoxy groups -OCH3 is 1. The lowest BCUT2D eigenvalue weighted by molar-refractivity contribution is 0.419. The number of aromatic amines is 1. The molecule has 2 aromatic rings. The average Bonchev–Trinajstić information content (AvgIpc) is 2.50. The fourth-order valence-corrected chi connectivity index (χ4v) is 1.16. The van der Waals surface area contributed by atoms with Gasteiger partial charge in [0.1, 0.15) is 5.75 Å². The maximum atomic E-state index is 5.13. The first-order valence-corrected chi connectivity index (χ1v) is 3.43. The molecule has 1 aromatic heterocycles. The van der Waals surface area contributed by atoms with Crippen molar-refractivity contribution in [2.75, 3.05) is 7.11 Å². The van der Waals surface area contributed by atoms with Crippen molar-refractivity contribution in [3.8, 4) is 5.75 Å². The summed E-state index contributed by atoms with van der Waals surface area (Å²) in [6.45, 7) is 0. The summed E-state index contributed by atoms with van der Waals surface area (Å²) >= 11 is 0. The van der Waals surface area contributed by atoms with Crippen molar-refractivity contribution >= 4 is 10.9 Å². The first-order chi connectivity index (χ1) is 5.42. The molecular formula is C9H8NO. The van der Waals surface area contributed by atoms with E-state index in [9.17, 15) is 0 Å². The van der Waals surface area contributed by atoms with Gasteiger partial charge in [-0.2, -0.15) is 0 Å². The van der Waals surface area contributed by atoms with Crippen LogP contribution >= 0.6 is 0 Å². The predicted octanol–water partition coefficient (Wildman–Crippen LogP) is 1.98. The Balaban J connectivity index is 2.79. The van der Waals surface area contributed by atoms with Crippen molar-refractivity contribution < 1.29 is 4.74 Å². The molecule has 55 valence electrons. The van der Waals surface area contributed by atoms with Gasteiger partial charge in [0.25, 0.3) is 0 Å². The fourth-order valence-electron chi connectivity index (χ4n) is 1.16. The fraction of sp³-hybridized carbons (Fsp3) is 0.111. The largest absolute Gasteiger partial charge is 0.495 e. The molecule has 2 nitrogen and oxygen atoms in total. The number of hydrogen-bond acceptors (Lipinski definition) is 1. The molecule has 2 heteroatoms. The maximum Gasteiger partial charge on any atom is 0.142 e. The van der Waals surface area contributed by atoms with Gasteiger partial charge in [0.05, 0.1) is 12.6 Å². The Labute approximate surface area is 64.8 Å². The molecule has 1 heterocycles. The van der Waals surface area contributed by atoms with E-state index in [1.807, 2.05) is 18.2 Å². The van der Waals surface area contributed by atoms with Crippen LogP contribution in [0, 0.1) is 6.07 Å². The summed E-state index contributed by atoms with van der Waals surface area (Å²) in [6, 6.07) is 8.93. The molecule has 0 aliphatic heterocycles. The number of aromatic nitrogens is 1. The third-order valence-electron chi connectivity index (χ3n) is 1.69. The number of H-pyrrole nitrogens is 1. The normalized spacial score (nSPS) is 10.3. The topological polar surface area (TPSA) is 25.0 Å². The van der Waals surface area contributed by atoms with Crippen LogP contribution in [0.15, 0.2) is 24.4 Å². The Morgan fingerprint density at radius 1 is 1.45 bits per heavy atom. The van der Waals surface area contributed by atoms with Crippen molar-refractivity contribution in [2.45, 2.75) is 0 Å². The Kier molecular flexibility index (Phi) is 1.32. The van der Waals surface area contributed by atoms with Gasteiger partial charge in [0, 0.05) is 17.6 Å². The summed E-state index contributed by atoms with van der Waals surface area (Å²) in [4.78, 5) is 3.06. The van der Waals surface area contributed by atoms with Crippen molar-refractivity contribution in [1.29, 1.82) is 0 Å². The lowest BCUT2D eigenvalue weighted by Gasteiger charge is -1.99. The van der Waals surface area contributed by atoms with Gasteiger partial charge in [0.15, 0.2) is 0 Å². The van der Waals surface area contributed by atoms with Gasteiger partial charge in [-0.1, -0.05) is 12.1 Å². The minimum Gasteiger partial charge on any atom is -0.495 e. The molecule has 0 fully saturated rings. The van der Waals surface area contributed by atoms with Crippen LogP contribution in [0.1, 0.15) is 0 Å². The third-order valence-corrected chi connectivity index (χ3v) is 1.69. The molecule has 0 bridgehead atoms. The Hall–Kier alpha value is -1.44. The van der Waals surface area contributed by atoms with Crippen LogP contribution in [0.3, 0.4) is 0 Å². The molecule has 2 rings (SSSR count). The number of ether oxygens (including phenoxy) is 1. The van der Waals surface area contributed by atoms with E-state index in [0.717, 1.165) is 16.7 Å². The van der Waals surface area contributed by atoms with Gasteiger partial charge >= 0.3 is 0 Å². The van der Waals surface area contributed by atoms with E-state index >= 15 is 0 Å². The highest BCUT2D eigenvalue weighted by molar-refractivity contribution is 5.84. The molecule has 0 amide bonds. The van der Waals surface area contributed by atoms with Gasteiger partial charge in [-0.15, -0.1) is 0 Å². The summed E-state index contributed by atoms with van der Waals surface area (Å²) in [5, 5.41) is 1.06. The smallest absolute Gasteiger partial charge is 0.142 e. The monoisotopic (exact) mass is 146 g/mol. The Morgan fingerprint density at radius 2 is 2.36 bits per heavy atom. The molecule has 11 heavy (non-hydrogen) atoms. The van der Waals surface area contributed by atoms with E-state index < -0.39 is 0 Å². The highest BCUT2D eigenvalue weighted by Crippen LogP contribution is 2.22. The average molecular weight is 146 g/mol. The van der Waals surface area contributed by atoms with Crippen molar-refractivity contribution in [1.82, 2.24) is 4.98 Å². The molecule has 1 N–H and O–H groups in total. The van der Waals surface area contributed by atoms with Gasteiger partial charge in [0.2, 0.25) is 0 Å². The second-order valence-corrected chi connectivity index (χ2v) is 2.32. The SMILES string of the molecule is COc1cccc2[c]c[nH]c12. The highest BCUT2D eigenvalue weighted by Gasteiger charge is 1.99. The molecular weight excluding hydrogens is 138 g/mol. The third kappa shape index (κ3) is 0.871. The molecule has 0 unspecified atom stereocenters. The van der Waals surface area contributed by atoms with E-state index in [1.165, 1.54) is 0 Å². The quantitative estimate of drug-likeness (QED) is 0.653. The standard InChI is InChI=1S/C9H8NO/c1-11-8-4-2-3-7-5-6-10-9(7)8/h2-4,6,10H,1H3. The Bertz CT molecular complexity index is 364. The Morgan fingerprint density at radius 3 is 3.18 bits per heavy atom. The number of fused-ring (bicyclic) bond motifs is 1. The number of nitrogens with one attached hydrogen (secondary N) is 1. The van der Waals surface area contributed by atoms with Gasteiger partial charge in [-0.25, -0.2) is 0 Å². The van der Waals surface area contributed by atoms with Gasteiger partial charge in [-0.05, 0) is 6.07 Å². The molecule has 0 aliphatic rings. The van der Waals surface area contributed by atoms with Crippen LogP contribution in [0.25, 0.3) is 10.9 Å². The van der Waals surface area contributed by atoms with Crippen molar-refractivity contribution in [3.05, 3.63) is 30.5 Å². The number of rotatable bonds is 1. The van der Waals surface area contributed by atoms with Crippen LogP contribution in [0.2, 0.25) is 0 Å². The van der Waals surface area contributed by atoms with E-state index in [2.05, 4.69) is 11.1 Å². The van der Waals surface area contributed by atoms with E-state index in [0.29, 0.717) is 0 Å². The lowest BCUT2D eigenvalue weighted by Crippen LogP contribution is -1.82. The summed E-state index contributed by atoms with van der Waals surface area (Å²) < 4.78 is 5.13. The minimum absolute atomic E-state index is 0.865. The highest BCUT2D eigenvalue weighted by atomic mass is 16.5. The second-order valence-electron chi connectivity index (χ2n) is 2.32. The molecule has 0 saturated carbocycles. The molecule has 0 atom stereocenters. The summed E-state index contributed by atoms with van der Waals surface area (Å²) in [6.07, 6.45) is 1.78. The van der Waals surface area contributed by atoms with Crippen LogP contribution in [-0.4, -0.2) is 12.1 Å². The van der Waals surface area contributed by atoms with E-state index in [1.54, 1.807) is 13.3 Å². The van der Waals surface area contributed by atoms with Crippen LogP contribution in [0.5, 0.6) is 5.75 Å².